The average Bonchev–Trinajstić information content (AvgIpc) is 2.51. The predicted octanol–water partition coefficient (Wildman–Crippen LogP) is 1.62. The van der Waals surface area contributed by atoms with Crippen LogP contribution in [-0.4, -0.2) is 22.9 Å². The van der Waals surface area contributed by atoms with Gasteiger partial charge in [-0.05, 0) is 18.2 Å². The number of hydrogen-bond donors (Lipinski definition) is 3. The van der Waals surface area contributed by atoms with Gasteiger partial charge in [0.15, 0.2) is 0 Å². The van der Waals surface area contributed by atoms with Gasteiger partial charge >= 0.3 is 0 Å². The first-order valence-electron chi connectivity index (χ1n) is 6.86. The van der Waals surface area contributed by atoms with Crippen LogP contribution < -0.4 is 16.2 Å². The Morgan fingerprint density at radius 1 is 1.04 bits per heavy atom. The third-order valence-electron chi connectivity index (χ3n) is 3.36. The number of anilines is 2. The van der Waals surface area contributed by atoms with Crippen LogP contribution in [0.1, 0.15) is 5.56 Å². The van der Waals surface area contributed by atoms with Gasteiger partial charge in [0, 0.05) is 5.56 Å². The molecule has 8 nitrogen and oxygen atoms in total. The summed E-state index contributed by atoms with van der Waals surface area (Å²) in [6.45, 7) is -0.0844. The van der Waals surface area contributed by atoms with Crippen molar-refractivity contribution in [3.05, 3.63) is 48.0 Å². The molecule has 0 bridgehead atoms. The van der Waals surface area contributed by atoms with Gasteiger partial charge in [0.05, 0.1) is 10.9 Å². The lowest BCUT2D eigenvalue weighted by molar-refractivity contribution is 0.306. The van der Waals surface area contributed by atoms with Crippen molar-refractivity contribution in [1.29, 1.82) is 0 Å². The van der Waals surface area contributed by atoms with Crippen LogP contribution in [0.15, 0.2) is 47.4 Å². The average molecular weight is 346 g/mol. The van der Waals surface area contributed by atoms with Crippen molar-refractivity contribution in [3.8, 4) is 5.75 Å². The SMILES string of the molecule is Nc1nc(N)c2c(OCc3ccccc3S(=O)(=O)O)cccc2n1. The number of benzene rings is 2. The second-order valence-corrected chi connectivity index (χ2v) is 6.38. The highest BCUT2D eigenvalue weighted by Gasteiger charge is 2.16. The molecule has 0 atom stereocenters. The summed E-state index contributed by atoms with van der Waals surface area (Å²) in [5.41, 5.74) is 12.3. The van der Waals surface area contributed by atoms with Crippen molar-refractivity contribution in [3.63, 3.8) is 0 Å². The first kappa shape index (κ1) is 16.0. The van der Waals surface area contributed by atoms with Gasteiger partial charge in [-0.3, -0.25) is 4.55 Å². The third kappa shape index (κ3) is 3.07. The van der Waals surface area contributed by atoms with E-state index in [0.717, 1.165) is 0 Å². The first-order chi connectivity index (χ1) is 11.4. The Bertz CT molecular complexity index is 1020. The van der Waals surface area contributed by atoms with E-state index in [9.17, 15) is 13.0 Å². The molecule has 0 aliphatic carbocycles. The van der Waals surface area contributed by atoms with Crippen LogP contribution >= 0.6 is 0 Å². The maximum absolute atomic E-state index is 11.4. The highest BCUT2D eigenvalue weighted by atomic mass is 32.2. The molecule has 1 heterocycles. The van der Waals surface area contributed by atoms with Crippen molar-refractivity contribution in [1.82, 2.24) is 9.97 Å². The number of nitrogen functional groups attached to an aromatic ring is 2. The summed E-state index contributed by atoms with van der Waals surface area (Å²) in [4.78, 5) is 7.77. The maximum Gasteiger partial charge on any atom is 0.294 e. The summed E-state index contributed by atoms with van der Waals surface area (Å²) >= 11 is 0. The van der Waals surface area contributed by atoms with Crippen molar-refractivity contribution in [2.24, 2.45) is 0 Å². The van der Waals surface area contributed by atoms with Crippen molar-refractivity contribution in [2.75, 3.05) is 11.5 Å². The fourth-order valence-electron chi connectivity index (χ4n) is 2.35. The second-order valence-electron chi connectivity index (χ2n) is 4.99. The Kier molecular flexibility index (Phi) is 3.96. The summed E-state index contributed by atoms with van der Waals surface area (Å²) < 4.78 is 37.8. The lowest BCUT2D eigenvalue weighted by atomic mass is 10.2. The Morgan fingerprint density at radius 3 is 2.54 bits per heavy atom. The van der Waals surface area contributed by atoms with Gasteiger partial charge in [0.1, 0.15) is 23.1 Å². The Morgan fingerprint density at radius 2 is 1.79 bits per heavy atom. The molecular weight excluding hydrogens is 332 g/mol. The second kappa shape index (κ2) is 5.95. The predicted molar refractivity (Wildman–Crippen MR) is 89.0 cm³/mol. The minimum absolute atomic E-state index is 0.0499. The molecule has 3 aromatic rings. The molecule has 0 aliphatic rings. The molecule has 3 rings (SSSR count). The maximum atomic E-state index is 11.4. The lowest BCUT2D eigenvalue weighted by Gasteiger charge is -2.12. The van der Waals surface area contributed by atoms with Crippen molar-refractivity contribution in [2.45, 2.75) is 11.5 Å². The largest absolute Gasteiger partial charge is 0.488 e. The molecule has 0 fully saturated rings. The summed E-state index contributed by atoms with van der Waals surface area (Å²) in [6, 6.07) is 11.1. The highest BCUT2D eigenvalue weighted by Crippen LogP contribution is 2.30. The zero-order valence-corrected chi connectivity index (χ0v) is 13.2. The van der Waals surface area contributed by atoms with Gasteiger partial charge in [-0.15, -0.1) is 0 Å². The van der Waals surface area contributed by atoms with Gasteiger partial charge < -0.3 is 16.2 Å². The molecule has 0 saturated carbocycles. The van der Waals surface area contributed by atoms with E-state index >= 15 is 0 Å². The first-order valence-corrected chi connectivity index (χ1v) is 8.30. The van der Waals surface area contributed by atoms with E-state index in [0.29, 0.717) is 22.2 Å². The van der Waals surface area contributed by atoms with Crippen LogP contribution in [-0.2, 0) is 16.7 Å². The normalized spacial score (nSPS) is 11.5. The van der Waals surface area contributed by atoms with Gasteiger partial charge in [-0.25, -0.2) is 4.98 Å². The third-order valence-corrected chi connectivity index (χ3v) is 4.32. The summed E-state index contributed by atoms with van der Waals surface area (Å²) in [5.74, 6) is 0.597. The molecular formula is C15H14N4O4S. The topological polar surface area (TPSA) is 141 Å². The number of fused-ring (bicyclic) bond motifs is 1. The Hall–Kier alpha value is -2.91. The minimum Gasteiger partial charge on any atom is -0.488 e. The van der Waals surface area contributed by atoms with E-state index in [1.807, 2.05) is 0 Å². The van der Waals surface area contributed by atoms with E-state index < -0.39 is 10.1 Å². The molecule has 0 saturated heterocycles. The number of nitrogens with zero attached hydrogens (tertiary/aromatic N) is 2. The van der Waals surface area contributed by atoms with Crippen LogP contribution in [0.5, 0.6) is 5.75 Å². The van der Waals surface area contributed by atoms with E-state index in [2.05, 4.69) is 9.97 Å². The smallest absolute Gasteiger partial charge is 0.294 e. The van der Waals surface area contributed by atoms with Crippen molar-refractivity contribution < 1.29 is 17.7 Å². The van der Waals surface area contributed by atoms with Gasteiger partial charge in [-0.2, -0.15) is 13.4 Å². The van der Waals surface area contributed by atoms with Crippen LogP contribution in [0.4, 0.5) is 11.8 Å². The molecule has 24 heavy (non-hydrogen) atoms. The Balaban J connectivity index is 1.99. The molecule has 2 aromatic carbocycles. The number of ether oxygens (including phenoxy) is 1. The summed E-state index contributed by atoms with van der Waals surface area (Å²) in [6.07, 6.45) is 0. The van der Waals surface area contributed by atoms with E-state index in [1.54, 1.807) is 30.3 Å². The van der Waals surface area contributed by atoms with E-state index in [1.165, 1.54) is 12.1 Å². The van der Waals surface area contributed by atoms with E-state index in [4.69, 9.17) is 16.2 Å². The van der Waals surface area contributed by atoms with Gasteiger partial charge in [0.25, 0.3) is 10.1 Å². The standard InChI is InChI=1S/C15H14N4O4S/c16-14-13-10(18-15(17)19-14)5-3-6-11(13)23-8-9-4-1-2-7-12(9)24(20,21)22/h1-7H,8H2,(H,20,21,22)(H4,16,17,18,19). The lowest BCUT2D eigenvalue weighted by Crippen LogP contribution is -2.07. The number of rotatable bonds is 4. The molecule has 5 N–H and O–H groups in total. The molecule has 1 aromatic heterocycles. The number of nitrogens with two attached hydrogens (primary N) is 2. The molecule has 0 amide bonds. The quantitative estimate of drug-likeness (QED) is 0.605. The minimum atomic E-state index is -4.34. The number of aromatic nitrogens is 2. The zero-order chi connectivity index (χ0) is 17.3. The monoisotopic (exact) mass is 346 g/mol. The van der Waals surface area contributed by atoms with Crippen LogP contribution in [0.3, 0.4) is 0 Å². The molecule has 0 unspecified atom stereocenters. The fraction of sp³-hybridized carbons (Fsp3) is 0.0667. The van der Waals surface area contributed by atoms with Crippen LogP contribution in [0.25, 0.3) is 10.9 Å². The molecule has 0 aliphatic heterocycles. The molecule has 9 heteroatoms. The molecule has 0 spiro atoms. The zero-order valence-electron chi connectivity index (χ0n) is 12.4. The van der Waals surface area contributed by atoms with Gasteiger partial charge in [0.2, 0.25) is 5.95 Å². The number of hydrogen-bond acceptors (Lipinski definition) is 7. The summed E-state index contributed by atoms with van der Waals surface area (Å²) in [7, 11) is -4.34. The van der Waals surface area contributed by atoms with Crippen LogP contribution in [0.2, 0.25) is 0 Å². The fourth-order valence-corrected chi connectivity index (χ4v) is 3.06. The Labute approximate surface area is 137 Å². The van der Waals surface area contributed by atoms with E-state index in [-0.39, 0.29) is 23.3 Å². The highest BCUT2D eigenvalue weighted by molar-refractivity contribution is 7.85. The van der Waals surface area contributed by atoms with Gasteiger partial charge in [-0.1, -0.05) is 24.3 Å². The molecule has 0 radical (unpaired) electrons. The van der Waals surface area contributed by atoms with Crippen LogP contribution in [0, 0.1) is 0 Å². The van der Waals surface area contributed by atoms with Crippen molar-refractivity contribution >= 4 is 32.8 Å². The summed E-state index contributed by atoms with van der Waals surface area (Å²) in [5, 5.41) is 0.482. The molecule has 124 valence electrons.